The van der Waals surface area contributed by atoms with E-state index in [1.165, 1.54) is 0 Å². The van der Waals surface area contributed by atoms with E-state index >= 15 is 0 Å². The average molecular weight is 165 g/mol. The second kappa shape index (κ2) is 3.78. The summed E-state index contributed by atoms with van der Waals surface area (Å²) < 4.78 is 0. The van der Waals surface area contributed by atoms with Gasteiger partial charge in [0.2, 0.25) is 5.91 Å². The van der Waals surface area contributed by atoms with Gasteiger partial charge in [0.1, 0.15) is 0 Å². The Morgan fingerprint density at radius 3 is 2.20 bits per heavy atom. The van der Waals surface area contributed by atoms with E-state index in [2.05, 4.69) is 0 Å². The molecule has 4 N–H and O–H groups in total. The van der Waals surface area contributed by atoms with Crippen molar-refractivity contribution in [3.8, 4) is 0 Å². The first-order valence-electron chi connectivity index (χ1n) is 3.25. The number of carbonyl (C=O) groups is 1. The zero-order chi connectivity index (χ0) is 6.85. The van der Waals surface area contributed by atoms with Crippen molar-refractivity contribution in [2.45, 2.75) is 25.3 Å². The van der Waals surface area contributed by atoms with Gasteiger partial charge in [-0.2, -0.15) is 0 Å². The fourth-order valence-electron chi connectivity index (χ4n) is 1.27. The smallest absolute Gasteiger partial charge is 0.220 e. The lowest BCUT2D eigenvalue weighted by atomic mass is 10.1. The van der Waals surface area contributed by atoms with Crippen molar-refractivity contribution in [1.82, 2.24) is 0 Å². The van der Waals surface area contributed by atoms with E-state index in [9.17, 15) is 4.79 Å². The first-order chi connectivity index (χ1) is 4.20. The van der Waals surface area contributed by atoms with Crippen molar-refractivity contribution in [3.63, 3.8) is 0 Å². The van der Waals surface area contributed by atoms with E-state index in [1.54, 1.807) is 0 Å². The molecule has 60 valence electrons. The Kier molecular flexibility index (Phi) is 3.68. The lowest BCUT2D eigenvalue weighted by molar-refractivity contribution is -0.121. The molecule has 1 rings (SSSR count). The standard InChI is InChI=1S/C6H12N2O.ClH/c7-5-2-1-4(3-5)6(8)9;/h4-5H,1-3,7H2,(H2,8,9);1H/t4-,5+;/m0./s1. The minimum Gasteiger partial charge on any atom is -0.369 e. The molecule has 0 aliphatic heterocycles. The Bertz CT molecular complexity index is 129. The van der Waals surface area contributed by atoms with Crippen LogP contribution in [0, 0.1) is 5.92 Å². The molecule has 0 bridgehead atoms. The molecule has 0 heterocycles. The van der Waals surface area contributed by atoms with Crippen molar-refractivity contribution in [2.75, 3.05) is 0 Å². The van der Waals surface area contributed by atoms with Gasteiger partial charge in [-0.15, -0.1) is 12.4 Å². The van der Waals surface area contributed by atoms with Gasteiger partial charge >= 0.3 is 0 Å². The van der Waals surface area contributed by atoms with Crippen LogP contribution < -0.4 is 11.5 Å². The van der Waals surface area contributed by atoms with E-state index in [0.29, 0.717) is 0 Å². The molecule has 4 heteroatoms. The van der Waals surface area contributed by atoms with Crippen LogP contribution in [0.1, 0.15) is 19.3 Å². The highest BCUT2D eigenvalue weighted by molar-refractivity contribution is 5.85. The Morgan fingerprint density at radius 2 is 2.00 bits per heavy atom. The minimum absolute atomic E-state index is 0. The third-order valence-electron chi connectivity index (χ3n) is 1.88. The van der Waals surface area contributed by atoms with Gasteiger partial charge in [-0.25, -0.2) is 0 Å². The summed E-state index contributed by atoms with van der Waals surface area (Å²) in [6.45, 7) is 0. The molecule has 0 aromatic rings. The first-order valence-corrected chi connectivity index (χ1v) is 3.25. The van der Waals surface area contributed by atoms with Gasteiger partial charge in [0.05, 0.1) is 0 Å². The third-order valence-corrected chi connectivity index (χ3v) is 1.88. The number of hydrogen-bond acceptors (Lipinski definition) is 2. The van der Waals surface area contributed by atoms with Crippen molar-refractivity contribution in [1.29, 1.82) is 0 Å². The lowest BCUT2D eigenvalue weighted by Gasteiger charge is -2.01. The van der Waals surface area contributed by atoms with E-state index in [-0.39, 0.29) is 30.3 Å². The van der Waals surface area contributed by atoms with Crippen LogP contribution in [-0.4, -0.2) is 11.9 Å². The number of hydrogen-bond donors (Lipinski definition) is 2. The van der Waals surface area contributed by atoms with Gasteiger partial charge < -0.3 is 11.5 Å². The molecule has 1 fully saturated rings. The van der Waals surface area contributed by atoms with Crippen molar-refractivity contribution in [3.05, 3.63) is 0 Å². The van der Waals surface area contributed by atoms with Crippen molar-refractivity contribution in [2.24, 2.45) is 17.4 Å². The highest BCUT2D eigenvalue weighted by Gasteiger charge is 2.25. The van der Waals surface area contributed by atoms with Crippen molar-refractivity contribution >= 4 is 18.3 Å². The van der Waals surface area contributed by atoms with Crippen LogP contribution in [0.15, 0.2) is 0 Å². The normalized spacial score (nSPS) is 31.3. The predicted molar refractivity (Wildman–Crippen MR) is 41.8 cm³/mol. The highest BCUT2D eigenvalue weighted by atomic mass is 35.5. The maximum atomic E-state index is 10.5. The van der Waals surface area contributed by atoms with Crippen LogP contribution >= 0.6 is 12.4 Å². The SMILES string of the molecule is Cl.NC(=O)[C@H]1CC[C@@H](N)C1. The summed E-state index contributed by atoms with van der Waals surface area (Å²) >= 11 is 0. The van der Waals surface area contributed by atoms with Crippen LogP contribution in [0.2, 0.25) is 0 Å². The molecule has 1 aliphatic rings. The van der Waals surface area contributed by atoms with E-state index in [1.807, 2.05) is 0 Å². The Hall–Kier alpha value is -0.280. The largest absolute Gasteiger partial charge is 0.369 e. The summed E-state index contributed by atoms with van der Waals surface area (Å²) in [5, 5.41) is 0. The van der Waals surface area contributed by atoms with Crippen LogP contribution in [0.5, 0.6) is 0 Å². The van der Waals surface area contributed by atoms with Gasteiger partial charge in [0, 0.05) is 12.0 Å². The second-order valence-corrected chi connectivity index (χ2v) is 2.67. The van der Waals surface area contributed by atoms with Crippen LogP contribution in [0.3, 0.4) is 0 Å². The molecule has 0 radical (unpaired) electrons. The molecule has 3 nitrogen and oxygen atoms in total. The highest BCUT2D eigenvalue weighted by Crippen LogP contribution is 2.22. The molecule has 0 spiro atoms. The van der Waals surface area contributed by atoms with Crippen LogP contribution in [0.4, 0.5) is 0 Å². The zero-order valence-electron chi connectivity index (χ0n) is 5.75. The molecular formula is C6H13ClN2O. The van der Waals surface area contributed by atoms with Gasteiger partial charge in [-0.1, -0.05) is 0 Å². The summed E-state index contributed by atoms with van der Waals surface area (Å²) in [7, 11) is 0. The van der Waals surface area contributed by atoms with E-state index in [4.69, 9.17) is 11.5 Å². The molecule has 0 aromatic heterocycles. The predicted octanol–water partition coefficient (Wildman–Crippen LogP) is 0.0209. The first kappa shape index (κ1) is 9.72. The summed E-state index contributed by atoms with van der Waals surface area (Å²) in [6, 6.07) is 0.211. The van der Waals surface area contributed by atoms with Gasteiger partial charge in [-0.3, -0.25) is 4.79 Å². The maximum Gasteiger partial charge on any atom is 0.220 e. The number of amides is 1. The van der Waals surface area contributed by atoms with Gasteiger partial charge in [0.15, 0.2) is 0 Å². The summed E-state index contributed by atoms with van der Waals surface area (Å²) in [5.74, 6) is -0.136. The molecule has 0 saturated heterocycles. The number of nitrogens with two attached hydrogens (primary N) is 2. The summed E-state index contributed by atoms with van der Waals surface area (Å²) in [4.78, 5) is 10.5. The third kappa shape index (κ3) is 2.15. The Labute approximate surface area is 66.6 Å². The summed E-state index contributed by atoms with van der Waals surface area (Å²) in [5.41, 5.74) is 10.6. The molecule has 0 aromatic carbocycles. The monoisotopic (exact) mass is 164 g/mol. The fourth-order valence-corrected chi connectivity index (χ4v) is 1.27. The number of primary amides is 1. The minimum atomic E-state index is -0.192. The topological polar surface area (TPSA) is 69.1 Å². The maximum absolute atomic E-state index is 10.5. The molecule has 0 unspecified atom stereocenters. The molecule has 2 atom stereocenters. The Morgan fingerprint density at radius 1 is 1.40 bits per heavy atom. The van der Waals surface area contributed by atoms with Gasteiger partial charge in [-0.05, 0) is 19.3 Å². The quantitative estimate of drug-likeness (QED) is 0.574. The van der Waals surface area contributed by atoms with E-state index in [0.717, 1.165) is 19.3 Å². The van der Waals surface area contributed by atoms with Gasteiger partial charge in [0.25, 0.3) is 0 Å². The molecule has 1 aliphatic carbocycles. The Balaban J connectivity index is 0.000000810. The van der Waals surface area contributed by atoms with Crippen molar-refractivity contribution < 1.29 is 4.79 Å². The van der Waals surface area contributed by atoms with Crippen LogP contribution in [0.25, 0.3) is 0 Å². The van der Waals surface area contributed by atoms with E-state index < -0.39 is 0 Å². The lowest BCUT2D eigenvalue weighted by Crippen LogP contribution is -2.23. The second-order valence-electron chi connectivity index (χ2n) is 2.67. The molecule has 10 heavy (non-hydrogen) atoms. The molecule has 1 saturated carbocycles. The summed E-state index contributed by atoms with van der Waals surface area (Å²) in [6.07, 6.45) is 2.62. The number of halogens is 1. The molecule has 1 amide bonds. The average Bonchev–Trinajstić information content (AvgIpc) is 2.14. The number of carbonyl (C=O) groups excluding carboxylic acids is 1. The van der Waals surface area contributed by atoms with Crippen LogP contribution in [-0.2, 0) is 4.79 Å². The molecular weight excluding hydrogens is 152 g/mol. The zero-order valence-corrected chi connectivity index (χ0v) is 6.56. The fraction of sp³-hybridized carbons (Fsp3) is 0.833. The number of rotatable bonds is 1.